The average Bonchev–Trinajstić information content (AvgIpc) is 2.64. The molecule has 1 fully saturated rings. The molecule has 1 aliphatic rings. The molecule has 0 aromatic heterocycles. The third-order valence-electron chi connectivity index (χ3n) is 3.71. The third-order valence-corrected chi connectivity index (χ3v) is 3.71. The molecule has 21 heavy (non-hydrogen) atoms. The maximum Gasteiger partial charge on any atom is 0.305 e. The second-order valence-corrected chi connectivity index (χ2v) is 5.28. The molecule has 0 spiro atoms. The summed E-state index contributed by atoms with van der Waals surface area (Å²) in [6, 6.07) is -0.763. The van der Waals surface area contributed by atoms with Crippen LogP contribution in [0.4, 0.5) is 0 Å². The second kappa shape index (κ2) is 6.78. The van der Waals surface area contributed by atoms with Crippen LogP contribution in [0.25, 0.3) is 10.4 Å². The van der Waals surface area contributed by atoms with Gasteiger partial charge in [0, 0.05) is 18.8 Å². The molecule has 0 aromatic carbocycles. The maximum atomic E-state index is 11.3. The van der Waals surface area contributed by atoms with Crippen LogP contribution in [0.15, 0.2) is 5.11 Å². The van der Waals surface area contributed by atoms with Gasteiger partial charge < -0.3 is 14.2 Å². The molecule has 4 atom stereocenters. The number of esters is 2. The van der Waals surface area contributed by atoms with Gasteiger partial charge in [0.15, 0.2) is 6.10 Å². The van der Waals surface area contributed by atoms with E-state index in [2.05, 4.69) is 10.0 Å². The Hall–Kier alpha value is -1.79. The Labute approximate surface area is 123 Å². The third kappa shape index (κ3) is 3.46. The standard InChI is InChI=1S/C13H21N3O5/c1-6-13(7(2)3)11(15-16-14)10(19-8(4)17)12(21-13)20-9(5)18/h7,10-12H,6H2,1-5H3/t10-,11+,12?,13+/m1/s1. The van der Waals surface area contributed by atoms with Crippen LogP contribution in [-0.4, -0.2) is 36.0 Å². The lowest BCUT2D eigenvalue weighted by molar-refractivity contribution is -0.209. The lowest BCUT2D eigenvalue weighted by atomic mass is 9.81. The highest BCUT2D eigenvalue weighted by atomic mass is 16.7. The van der Waals surface area contributed by atoms with Crippen molar-refractivity contribution in [3.63, 3.8) is 0 Å². The Balaban J connectivity index is 3.26. The molecular formula is C13H21N3O5. The molecule has 1 saturated heterocycles. The first kappa shape index (κ1) is 17.3. The summed E-state index contributed by atoms with van der Waals surface area (Å²) in [5.74, 6) is -1.15. The zero-order chi connectivity index (χ0) is 16.2. The summed E-state index contributed by atoms with van der Waals surface area (Å²) in [5, 5.41) is 3.75. The molecule has 8 nitrogen and oxygen atoms in total. The van der Waals surface area contributed by atoms with E-state index in [-0.39, 0.29) is 5.92 Å². The van der Waals surface area contributed by atoms with E-state index in [4.69, 9.17) is 19.7 Å². The van der Waals surface area contributed by atoms with Gasteiger partial charge in [-0.2, -0.15) is 0 Å². The Morgan fingerprint density at radius 3 is 2.29 bits per heavy atom. The number of ether oxygens (including phenoxy) is 3. The summed E-state index contributed by atoms with van der Waals surface area (Å²) in [7, 11) is 0. The van der Waals surface area contributed by atoms with Crippen molar-refractivity contribution in [2.24, 2.45) is 11.0 Å². The van der Waals surface area contributed by atoms with Crippen molar-refractivity contribution in [3.05, 3.63) is 10.4 Å². The van der Waals surface area contributed by atoms with E-state index in [1.54, 1.807) is 0 Å². The molecule has 0 radical (unpaired) electrons. The Kier molecular flexibility index (Phi) is 5.57. The monoisotopic (exact) mass is 299 g/mol. The molecule has 0 aromatic rings. The van der Waals surface area contributed by atoms with Gasteiger partial charge in [0.2, 0.25) is 6.29 Å². The summed E-state index contributed by atoms with van der Waals surface area (Å²) < 4.78 is 16.1. The van der Waals surface area contributed by atoms with Crippen LogP contribution >= 0.6 is 0 Å². The molecule has 0 amide bonds. The topological polar surface area (TPSA) is 111 Å². The van der Waals surface area contributed by atoms with Crippen molar-refractivity contribution in [1.82, 2.24) is 0 Å². The minimum Gasteiger partial charge on any atom is -0.455 e. The van der Waals surface area contributed by atoms with Gasteiger partial charge in [-0.25, -0.2) is 0 Å². The van der Waals surface area contributed by atoms with Gasteiger partial charge in [0.1, 0.15) is 6.04 Å². The Bertz CT molecular complexity index is 461. The number of azide groups is 1. The number of hydrogen-bond donors (Lipinski definition) is 0. The van der Waals surface area contributed by atoms with E-state index >= 15 is 0 Å². The summed E-state index contributed by atoms with van der Waals surface area (Å²) in [6.45, 7) is 8.16. The van der Waals surface area contributed by atoms with Crippen LogP contribution in [0.3, 0.4) is 0 Å². The van der Waals surface area contributed by atoms with Crippen molar-refractivity contribution in [3.8, 4) is 0 Å². The van der Waals surface area contributed by atoms with Crippen LogP contribution in [0.5, 0.6) is 0 Å². The van der Waals surface area contributed by atoms with Crippen molar-refractivity contribution in [2.45, 2.75) is 65.1 Å². The minimum absolute atomic E-state index is 0.0309. The van der Waals surface area contributed by atoms with Crippen molar-refractivity contribution in [1.29, 1.82) is 0 Å². The van der Waals surface area contributed by atoms with E-state index in [1.807, 2.05) is 20.8 Å². The largest absolute Gasteiger partial charge is 0.455 e. The van der Waals surface area contributed by atoms with Gasteiger partial charge in [0.05, 0.1) is 5.60 Å². The zero-order valence-corrected chi connectivity index (χ0v) is 12.9. The zero-order valence-electron chi connectivity index (χ0n) is 12.9. The van der Waals surface area contributed by atoms with Crippen LogP contribution in [0, 0.1) is 5.92 Å². The molecule has 8 heteroatoms. The summed E-state index contributed by atoms with van der Waals surface area (Å²) in [4.78, 5) is 25.3. The molecule has 0 saturated carbocycles. The first-order chi connectivity index (χ1) is 9.78. The van der Waals surface area contributed by atoms with E-state index in [1.165, 1.54) is 13.8 Å². The van der Waals surface area contributed by atoms with Gasteiger partial charge >= 0.3 is 11.9 Å². The Morgan fingerprint density at radius 1 is 1.33 bits per heavy atom. The fourth-order valence-corrected chi connectivity index (χ4v) is 2.74. The number of hydrogen-bond acceptors (Lipinski definition) is 6. The fraction of sp³-hybridized carbons (Fsp3) is 0.846. The lowest BCUT2D eigenvalue weighted by Crippen LogP contribution is -2.46. The van der Waals surface area contributed by atoms with E-state index < -0.39 is 36.0 Å². The molecule has 1 unspecified atom stereocenters. The molecule has 1 rings (SSSR count). The average molecular weight is 299 g/mol. The molecule has 1 heterocycles. The molecule has 0 N–H and O–H groups in total. The highest BCUT2D eigenvalue weighted by molar-refractivity contribution is 5.67. The fourth-order valence-electron chi connectivity index (χ4n) is 2.74. The van der Waals surface area contributed by atoms with Gasteiger partial charge in [-0.3, -0.25) is 9.59 Å². The van der Waals surface area contributed by atoms with Crippen molar-refractivity contribution in [2.75, 3.05) is 0 Å². The predicted molar refractivity (Wildman–Crippen MR) is 73.0 cm³/mol. The highest BCUT2D eigenvalue weighted by Crippen LogP contribution is 2.43. The van der Waals surface area contributed by atoms with Crippen molar-refractivity contribution >= 4 is 11.9 Å². The molecule has 0 aliphatic carbocycles. The predicted octanol–water partition coefficient (Wildman–Crippen LogP) is 2.32. The maximum absolute atomic E-state index is 11.3. The first-order valence-corrected chi connectivity index (χ1v) is 6.85. The quantitative estimate of drug-likeness (QED) is 0.335. The van der Waals surface area contributed by atoms with E-state index in [0.29, 0.717) is 6.42 Å². The number of nitrogens with zero attached hydrogens (tertiary/aromatic N) is 3. The summed E-state index contributed by atoms with van der Waals surface area (Å²) >= 11 is 0. The molecule has 1 aliphatic heterocycles. The Morgan fingerprint density at radius 2 is 1.90 bits per heavy atom. The number of rotatable bonds is 5. The number of carbonyl (C=O) groups is 2. The van der Waals surface area contributed by atoms with E-state index in [0.717, 1.165) is 0 Å². The molecule has 118 valence electrons. The first-order valence-electron chi connectivity index (χ1n) is 6.85. The van der Waals surface area contributed by atoms with Gasteiger partial charge in [0.25, 0.3) is 0 Å². The lowest BCUT2D eigenvalue weighted by Gasteiger charge is -2.35. The smallest absolute Gasteiger partial charge is 0.305 e. The van der Waals surface area contributed by atoms with Gasteiger partial charge in [-0.15, -0.1) is 0 Å². The molecule has 0 bridgehead atoms. The minimum atomic E-state index is -1.08. The second-order valence-electron chi connectivity index (χ2n) is 5.28. The van der Waals surface area contributed by atoms with E-state index in [9.17, 15) is 9.59 Å². The normalized spacial score (nSPS) is 31.6. The SMILES string of the molecule is CC[C@@]1(C(C)C)OC(OC(C)=O)[C@H](OC(C)=O)[C@@H]1N=[N+]=[N-]. The number of carbonyl (C=O) groups excluding carboxylic acids is 2. The highest BCUT2D eigenvalue weighted by Gasteiger charge is 2.58. The van der Waals surface area contributed by atoms with Crippen LogP contribution in [-0.2, 0) is 23.8 Å². The summed E-state index contributed by atoms with van der Waals surface area (Å²) in [6.07, 6.45) is -1.52. The van der Waals surface area contributed by atoms with Gasteiger partial charge in [-0.05, 0) is 17.9 Å². The molecular weight excluding hydrogens is 278 g/mol. The summed E-state index contributed by atoms with van der Waals surface area (Å²) in [5.41, 5.74) is 7.96. The van der Waals surface area contributed by atoms with Crippen LogP contribution in [0.2, 0.25) is 0 Å². The van der Waals surface area contributed by atoms with Crippen LogP contribution < -0.4 is 0 Å². The van der Waals surface area contributed by atoms with Gasteiger partial charge in [-0.1, -0.05) is 25.9 Å². The van der Waals surface area contributed by atoms with Crippen LogP contribution in [0.1, 0.15) is 41.0 Å². The van der Waals surface area contributed by atoms with Crippen molar-refractivity contribution < 1.29 is 23.8 Å².